The van der Waals surface area contributed by atoms with Gasteiger partial charge in [-0.3, -0.25) is 4.79 Å². The van der Waals surface area contributed by atoms with Crippen molar-refractivity contribution in [2.45, 2.75) is 52.2 Å². The van der Waals surface area contributed by atoms with E-state index in [9.17, 15) is 18.4 Å². The molecule has 1 saturated carbocycles. The molecule has 0 aromatic heterocycles. The molecule has 0 saturated heterocycles. The minimum Gasteiger partial charge on any atom is -0.449 e. The Kier molecular flexibility index (Phi) is 5.91. The molecule has 0 unspecified atom stereocenters. The minimum absolute atomic E-state index is 0.0500. The van der Waals surface area contributed by atoms with Gasteiger partial charge in [0.25, 0.3) is 5.91 Å². The second-order valence-electron chi connectivity index (χ2n) is 6.59. The van der Waals surface area contributed by atoms with Crippen molar-refractivity contribution in [1.29, 1.82) is 0 Å². The number of amides is 1. The monoisotopic (exact) mass is 339 g/mol. The van der Waals surface area contributed by atoms with Crippen molar-refractivity contribution in [1.82, 2.24) is 5.32 Å². The van der Waals surface area contributed by atoms with E-state index in [0.29, 0.717) is 17.9 Å². The summed E-state index contributed by atoms with van der Waals surface area (Å²) in [5, 5.41) is 2.91. The summed E-state index contributed by atoms with van der Waals surface area (Å²) < 4.78 is 31.3. The van der Waals surface area contributed by atoms with E-state index < -0.39 is 29.6 Å². The van der Waals surface area contributed by atoms with Crippen molar-refractivity contribution < 1.29 is 23.1 Å². The van der Waals surface area contributed by atoms with Crippen molar-refractivity contribution in [3.05, 3.63) is 35.4 Å². The van der Waals surface area contributed by atoms with Crippen molar-refractivity contribution in [2.24, 2.45) is 11.8 Å². The number of ether oxygens (including phenoxy) is 1. The lowest BCUT2D eigenvalue weighted by Gasteiger charge is -2.35. The van der Waals surface area contributed by atoms with Gasteiger partial charge in [-0.15, -0.1) is 0 Å². The lowest BCUT2D eigenvalue weighted by molar-refractivity contribution is -0.130. The van der Waals surface area contributed by atoms with Crippen LogP contribution in [0.1, 0.15) is 50.4 Å². The fraction of sp³-hybridized carbons (Fsp3) is 0.556. The van der Waals surface area contributed by atoms with Crippen LogP contribution in [-0.2, 0) is 9.53 Å². The smallest absolute Gasteiger partial charge is 0.339 e. The Labute approximate surface area is 140 Å². The van der Waals surface area contributed by atoms with E-state index in [1.54, 1.807) is 0 Å². The maximum Gasteiger partial charge on any atom is 0.339 e. The van der Waals surface area contributed by atoms with Gasteiger partial charge in [0.1, 0.15) is 11.6 Å². The molecular formula is C18H23F2NO3. The molecule has 4 atom stereocenters. The number of rotatable bonds is 4. The Hall–Kier alpha value is -1.98. The summed E-state index contributed by atoms with van der Waals surface area (Å²) >= 11 is 0. The maximum atomic E-state index is 13.1. The predicted molar refractivity (Wildman–Crippen MR) is 85.3 cm³/mol. The van der Waals surface area contributed by atoms with Crippen LogP contribution in [-0.4, -0.2) is 24.0 Å². The van der Waals surface area contributed by atoms with Crippen molar-refractivity contribution in [3.8, 4) is 0 Å². The SMILES string of the molecule is C[C@H]1[C@@H](NC(=O)[C@@H](C)OC(=O)c2cc(F)cc(F)c2)CCC[C@@H]1C. The van der Waals surface area contributed by atoms with Crippen LogP contribution in [0.25, 0.3) is 0 Å². The van der Waals surface area contributed by atoms with E-state index in [0.717, 1.165) is 31.4 Å². The third kappa shape index (κ3) is 4.52. The molecule has 1 aliphatic carbocycles. The molecule has 1 aromatic carbocycles. The number of carbonyl (C=O) groups excluding carboxylic acids is 2. The van der Waals surface area contributed by atoms with Gasteiger partial charge in [-0.25, -0.2) is 13.6 Å². The quantitative estimate of drug-likeness (QED) is 0.855. The Morgan fingerprint density at radius 2 is 1.79 bits per heavy atom. The molecular weight excluding hydrogens is 316 g/mol. The van der Waals surface area contributed by atoms with Gasteiger partial charge in [0, 0.05) is 12.1 Å². The zero-order valence-electron chi connectivity index (χ0n) is 14.1. The highest BCUT2D eigenvalue weighted by molar-refractivity contribution is 5.92. The van der Waals surface area contributed by atoms with Crippen LogP contribution in [0.15, 0.2) is 18.2 Å². The predicted octanol–water partition coefficient (Wildman–Crippen LogP) is 3.45. The molecule has 0 aliphatic heterocycles. The van der Waals surface area contributed by atoms with E-state index in [1.165, 1.54) is 6.92 Å². The Morgan fingerprint density at radius 1 is 1.17 bits per heavy atom. The lowest BCUT2D eigenvalue weighted by atomic mass is 9.78. The van der Waals surface area contributed by atoms with Gasteiger partial charge in [0.15, 0.2) is 6.10 Å². The van der Waals surface area contributed by atoms with Gasteiger partial charge in [0.05, 0.1) is 5.56 Å². The summed E-state index contributed by atoms with van der Waals surface area (Å²) in [4.78, 5) is 24.2. The molecule has 0 heterocycles. The molecule has 4 nitrogen and oxygen atoms in total. The van der Waals surface area contributed by atoms with Gasteiger partial charge in [-0.2, -0.15) is 0 Å². The molecule has 1 aliphatic rings. The largest absolute Gasteiger partial charge is 0.449 e. The summed E-state index contributed by atoms with van der Waals surface area (Å²) in [6.07, 6.45) is 2.05. The molecule has 0 bridgehead atoms. The van der Waals surface area contributed by atoms with Crippen LogP contribution in [0.4, 0.5) is 8.78 Å². The van der Waals surface area contributed by atoms with Gasteiger partial charge >= 0.3 is 5.97 Å². The number of benzene rings is 1. The van der Waals surface area contributed by atoms with Crippen LogP contribution in [0.3, 0.4) is 0 Å². The summed E-state index contributed by atoms with van der Waals surface area (Å²) in [5.41, 5.74) is -0.258. The first-order valence-corrected chi connectivity index (χ1v) is 8.25. The number of hydrogen-bond donors (Lipinski definition) is 1. The number of halogens is 2. The maximum absolute atomic E-state index is 13.1. The molecule has 24 heavy (non-hydrogen) atoms. The molecule has 1 N–H and O–H groups in total. The van der Waals surface area contributed by atoms with E-state index >= 15 is 0 Å². The molecule has 2 rings (SSSR count). The number of esters is 1. The standard InChI is InChI=1S/C18H23F2NO3/c1-10-5-4-6-16(11(10)2)21-17(22)12(3)24-18(23)13-7-14(19)9-15(20)8-13/h7-12,16H,4-6H2,1-3H3,(H,21,22)/t10-,11+,12+,16-/m0/s1. The van der Waals surface area contributed by atoms with Gasteiger partial charge in [-0.05, 0) is 37.3 Å². The molecule has 0 spiro atoms. The van der Waals surface area contributed by atoms with Gasteiger partial charge in [-0.1, -0.05) is 26.7 Å². The van der Waals surface area contributed by atoms with Gasteiger partial charge in [0.2, 0.25) is 0 Å². The third-order valence-corrected chi connectivity index (χ3v) is 4.79. The number of nitrogens with one attached hydrogen (secondary N) is 1. The van der Waals surface area contributed by atoms with Crippen molar-refractivity contribution >= 4 is 11.9 Å². The van der Waals surface area contributed by atoms with Crippen LogP contribution >= 0.6 is 0 Å². The summed E-state index contributed by atoms with van der Waals surface area (Å²) in [5.74, 6) is -2.19. The zero-order chi connectivity index (χ0) is 17.9. The van der Waals surface area contributed by atoms with Crippen LogP contribution in [0.5, 0.6) is 0 Å². The average Bonchev–Trinajstić information content (AvgIpc) is 2.50. The molecule has 0 radical (unpaired) electrons. The second-order valence-corrected chi connectivity index (χ2v) is 6.59. The molecule has 1 fully saturated rings. The van der Waals surface area contributed by atoms with Crippen LogP contribution in [0, 0.1) is 23.5 Å². The molecule has 1 amide bonds. The molecule has 132 valence electrons. The van der Waals surface area contributed by atoms with Gasteiger partial charge < -0.3 is 10.1 Å². The van der Waals surface area contributed by atoms with E-state index in [1.807, 2.05) is 0 Å². The highest BCUT2D eigenvalue weighted by atomic mass is 19.1. The van der Waals surface area contributed by atoms with Crippen molar-refractivity contribution in [3.63, 3.8) is 0 Å². The first-order chi connectivity index (χ1) is 11.3. The highest BCUT2D eigenvalue weighted by Crippen LogP contribution is 2.29. The lowest BCUT2D eigenvalue weighted by Crippen LogP contribution is -2.47. The average molecular weight is 339 g/mol. The fourth-order valence-corrected chi connectivity index (χ4v) is 3.04. The summed E-state index contributed by atoms with van der Waals surface area (Å²) in [6.45, 7) is 5.70. The Balaban J connectivity index is 1.94. The fourth-order valence-electron chi connectivity index (χ4n) is 3.04. The van der Waals surface area contributed by atoms with Crippen molar-refractivity contribution in [2.75, 3.05) is 0 Å². The van der Waals surface area contributed by atoms with E-state index in [-0.39, 0.29) is 11.6 Å². The summed E-state index contributed by atoms with van der Waals surface area (Å²) in [6, 6.07) is 2.47. The van der Waals surface area contributed by atoms with E-state index in [2.05, 4.69) is 19.2 Å². The van der Waals surface area contributed by atoms with Crippen LogP contribution < -0.4 is 5.32 Å². The van der Waals surface area contributed by atoms with E-state index in [4.69, 9.17) is 4.74 Å². The van der Waals surface area contributed by atoms with Crippen LogP contribution in [0.2, 0.25) is 0 Å². The minimum atomic E-state index is -1.03. The zero-order valence-corrected chi connectivity index (χ0v) is 14.1. The third-order valence-electron chi connectivity index (χ3n) is 4.79. The second kappa shape index (κ2) is 7.73. The molecule has 1 aromatic rings. The topological polar surface area (TPSA) is 55.4 Å². The highest BCUT2D eigenvalue weighted by Gasteiger charge is 2.30. The normalized spacial score (nSPS) is 25.0. The first-order valence-electron chi connectivity index (χ1n) is 8.25. The first kappa shape index (κ1) is 18.4. The molecule has 6 heteroatoms. The number of carbonyl (C=O) groups is 2. The number of hydrogen-bond acceptors (Lipinski definition) is 3. The Bertz CT molecular complexity index is 600. The summed E-state index contributed by atoms with van der Waals surface area (Å²) in [7, 11) is 0. The Morgan fingerprint density at radius 3 is 2.42 bits per heavy atom.